The highest BCUT2D eigenvalue weighted by Gasteiger charge is 2.53. The van der Waals surface area contributed by atoms with Crippen LogP contribution in [0.4, 0.5) is 4.79 Å². The zero-order chi connectivity index (χ0) is 29.6. The molecule has 1 saturated carbocycles. The fourth-order valence-corrected chi connectivity index (χ4v) is 6.64. The summed E-state index contributed by atoms with van der Waals surface area (Å²) in [5.74, 6) is 0.601. The Morgan fingerprint density at radius 1 is 1.12 bits per heavy atom. The van der Waals surface area contributed by atoms with Gasteiger partial charge in [0.25, 0.3) is 0 Å². The molecule has 3 heterocycles. The number of methoxy groups -OCH3 is 2. The highest BCUT2D eigenvalue weighted by atomic mass is 16.7. The lowest BCUT2D eigenvalue weighted by molar-refractivity contribution is -0.138. The minimum absolute atomic E-state index is 0.0734. The van der Waals surface area contributed by atoms with Gasteiger partial charge in [-0.05, 0) is 83.2 Å². The molecule has 11 heteroatoms. The van der Waals surface area contributed by atoms with Crippen LogP contribution in [0.3, 0.4) is 0 Å². The molecular weight excluding hydrogens is 523 g/mol. The van der Waals surface area contributed by atoms with Crippen LogP contribution in [0.2, 0.25) is 0 Å². The van der Waals surface area contributed by atoms with E-state index in [-0.39, 0.29) is 35.7 Å². The van der Waals surface area contributed by atoms with Gasteiger partial charge in [-0.2, -0.15) is 0 Å². The molecule has 10 nitrogen and oxygen atoms in total. The van der Waals surface area contributed by atoms with Crippen LogP contribution < -0.4 is 5.32 Å². The number of nitrogens with zero attached hydrogens (tertiary/aromatic N) is 2. The summed E-state index contributed by atoms with van der Waals surface area (Å²) >= 11 is 0. The summed E-state index contributed by atoms with van der Waals surface area (Å²) in [6, 6.07) is -1.07. The third-order valence-electron chi connectivity index (χ3n) is 10.0. The van der Waals surface area contributed by atoms with Crippen molar-refractivity contribution in [1.29, 1.82) is 0 Å². The highest BCUT2D eigenvalue weighted by molar-refractivity contribution is 6.54. The third-order valence-corrected chi connectivity index (χ3v) is 10.0. The van der Waals surface area contributed by atoms with Crippen molar-refractivity contribution in [2.24, 2.45) is 5.41 Å². The van der Waals surface area contributed by atoms with Gasteiger partial charge in [0.2, 0.25) is 5.91 Å². The minimum atomic E-state index is -0.861. The van der Waals surface area contributed by atoms with Gasteiger partial charge in [0.1, 0.15) is 11.9 Å². The third kappa shape index (κ3) is 5.73. The smallest absolute Gasteiger partial charge is 0.453 e. The van der Waals surface area contributed by atoms with Crippen molar-refractivity contribution in [3.05, 3.63) is 35.3 Å². The van der Waals surface area contributed by atoms with Crippen LogP contribution in [0.1, 0.15) is 97.1 Å². The number of imidazole rings is 1. The van der Waals surface area contributed by atoms with E-state index >= 15 is 0 Å². The number of amides is 2. The Balaban J connectivity index is 1.37. The number of H-pyrrole nitrogens is 1. The maximum absolute atomic E-state index is 14.0. The van der Waals surface area contributed by atoms with Gasteiger partial charge >= 0.3 is 13.2 Å². The van der Waals surface area contributed by atoms with E-state index in [1.165, 1.54) is 27.1 Å². The van der Waals surface area contributed by atoms with E-state index in [1.807, 2.05) is 11.1 Å². The molecule has 2 aliphatic heterocycles. The van der Waals surface area contributed by atoms with Crippen molar-refractivity contribution in [1.82, 2.24) is 20.2 Å². The van der Waals surface area contributed by atoms with E-state index in [4.69, 9.17) is 23.8 Å². The van der Waals surface area contributed by atoms with E-state index in [0.717, 1.165) is 54.7 Å². The standard InChI is InChI=1S/C30H45BN4O6/c1-19(38-6)24(34-27(37)39-7)26(36)35-18-30(14-8-9-15-30)16-23(35)25-32-17-22(33-25)20-10-12-21(13-11-20)31-40-28(2,3)29(4,5)41-31/h10,12,17,19,23-24H,8-9,11,13-16,18H2,1-7H3,(H,32,33)(H,34,37)/t19-,23+,24+/m1/s1. The lowest BCUT2D eigenvalue weighted by atomic mass is 9.73. The minimum Gasteiger partial charge on any atom is -0.453 e. The second-order valence-corrected chi connectivity index (χ2v) is 13.2. The number of rotatable bonds is 7. The molecule has 0 aromatic carbocycles. The fourth-order valence-electron chi connectivity index (χ4n) is 6.64. The molecule has 0 radical (unpaired) electrons. The van der Waals surface area contributed by atoms with Crippen LogP contribution in [0, 0.1) is 5.41 Å². The van der Waals surface area contributed by atoms with Crippen molar-refractivity contribution >= 4 is 24.7 Å². The SMILES string of the molecule is COC(=O)N[C@H](C(=O)N1CC2(CCCC2)C[C@H]1c1ncc(C2=CC=C(B3OC(C)(C)C(C)(C)O3)CC2)[nH]1)[C@@H](C)OC. The monoisotopic (exact) mass is 568 g/mol. The first-order valence-corrected chi connectivity index (χ1v) is 14.9. The molecule has 2 N–H and O–H groups in total. The maximum Gasteiger partial charge on any atom is 0.490 e. The molecule has 1 aromatic rings. The molecule has 41 heavy (non-hydrogen) atoms. The van der Waals surface area contributed by atoms with Gasteiger partial charge in [-0.25, -0.2) is 9.78 Å². The Kier molecular flexibility index (Phi) is 8.17. The van der Waals surface area contributed by atoms with E-state index in [2.05, 4.69) is 50.1 Å². The van der Waals surface area contributed by atoms with Crippen molar-refractivity contribution in [3.63, 3.8) is 0 Å². The molecule has 4 aliphatic rings. The predicted octanol–water partition coefficient (Wildman–Crippen LogP) is 4.74. The van der Waals surface area contributed by atoms with Crippen LogP contribution in [0.5, 0.6) is 0 Å². The van der Waals surface area contributed by atoms with Crippen LogP contribution in [0.15, 0.2) is 23.8 Å². The molecule has 224 valence electrons. The summed E-state index contributed by atoms with van der Waals surface area (Å²) in [7, 11) is 2.49. The molecule has 3 atom stereocenters. The van der Waals surface area contributed by atoms with Gasteiger partial charge in [-0.3, -0.25) is 4.79 Å². The Labute approximate surface area is 243 Å². The van der Waals surface area contributed by atoms with Gasteiger partial charge in [-0.15, -0.1) is 0 Å². The average Bonchev–Trinajstić information content (AvgIpc) is 3.73. The molecule has 3 fully saturated rings. The number of aromatic nitrogens is 2. The van der Waals surface area contributed by atoms with Crippen molar-refractivity contribution < 1.29 is 28.4 Å². The number of hydrogen-bond donors (Lipinski definition) is 2. The number of nitrogens with one attached hydrogen (secondary N) is 2. The number of likely N-dealkylation sites (tertiary alicyclic amines) is 1. The van der Waals surface area contributed by atoms with Gasteiger partial charge < -0.3 is 34.0 Å². The second kappa shape index (κ2) is 11.2. The van der Waals surface area contributed by atoms with Gasteiger partial charge in [-0.1, -0.05) is 25.0 Å². The summed E-state index contributed by atoms with van der Waals surface area (Å²) in [6.45, 7) is 10.7. The van der Waals surface area contributed by atoms with Crippen molar-refractivity contribution in [2.45, 2.75) is 109 Å². The molecule has 2 aliphatic carbocycles. The number of alkyl carbamates (subject to hydrolysis) is 1. The Morgan fingerprint density at radius 3 is 2.39 bits per heavy atom. The summed E-state index contributed by atoms with van der Waals surface area (Å²) < 4.78 is 22.8. The van der Waals surface area contributed by atoms with Gasteiger partial charge in [0, 0.05) is 13.7 Å². The molecular formula is C30H45BN4O6. The van der Waals surface area contributed by atoms with E-state index in [9.17, 15) is 9.59 Å². The summed E-state index contributed by atoms with van der Waals surface area (Å²) in [5.41, 5.74) is 2.60. The van der Waals surface area contributed by atoms with Crippen molar-refractivity contribution in [2.75, 3.05) is 20.8 Å². The number of ether oxygens (including phenoxy) is 2. The largest absolute Gasteiger partial charge is 0.490 e. The maximum atomic E-state index is 14.0. The Hall–Kier alpha value is -2.63. The van der Waals surface area contributed by atoms with Crippen LogP contribution in [0.25, 0.3) is 5.57 Å². The molecule has 0 bridgehead atoms. The number of allylic oxidation sites excluding steroid dienone is 4. The first-order chi connectivity index (χ1) is 19.4. The lowest BCUT2D eigenvalue weighted by Crippen LogP contribution is -2.54. The zero-order valence-corrected chi connectivity index (χ0v) is 25.5. The summed E-state index contributed by atoms with van der Waals surface area (Å²) in [6.07, 6.45) is 12.0. The normalized spacial score (nSPS) is 26.1. The predicted molar refractivity (Wildman–Crippen MR) is 156 cm³/mol. The first-order valence-electron chi connectivity index (χ1n) is 14.9. The van der Waals surface area contributed by atoms with E-state index in [1.54, 1.807) is 6.92 Å². The topological polar surface area (TPSA) is 115 Å². The van der Waals surface area contributed by atoms with E-state index in [0.29, 0.717) is 6.54 Å². The highest BCUT2D eigenvalue weighted by Crippen LogP contribution is 2.52. The average molecular weight is 569 g/mol. The molecule has 5 rings (SSSR count). The molecule has 2 saturated heterocycles. The number of carbonyl (C=O) groups excluding carboxylic acids is 2. The number of aromatic amines is 1. The summed E-state index contributed by atoms with van der Waals surface area (Å²) in [4.78, 5) is 36.3. The van der Waals surface area contributed by atoms with Crippen molar-refractivity contribution in [3.8, 4) is 0 Å². The first kappa shape index (κ1) is 29.9. The quantitative estimate of drug-likeness (QED) is 0.457. The molecule has 2 amide bonds. The molecule has 1 aromatic heterocycles. The number of hydrogen-bond acceptors (Lipinski definition) is 7. The Bertz CT molecular complexity index is 1200. The van der Waals surface area contributed by atoms with Crippen LogP contribution in [-0.2, 0) is 23.6 Å². The second-order valence-electron chi connectivity index (χ2n) is 13.2. The fraction of sp³-hybridized carbons (Fsp3) is 0.700. The molecule has 0 unspecified atom stereocenters. The van der Waals surface area contributed by atoms with Gasteiger partial charge in [0.05, 0.1) is 42.3 Å². The lowest BCUT2D eigenvalue weighted by Gasteiger charge is -2.32. The van der Waals surface area contributed by atoms with Crippen LogP contribution >= 0.6 is 0 Å². The summed E-state index contributed by atoms with van der Waals surface area (Å²) in [5, 5.41) is 2.70. The van der Waals surface area contributed by atoms with E-state index < -0.39 is 18.2 Å². The zero-order valence-electron chi connectivity index (χ0n) is 25.5. The van der Waals surface area contributed by atoms with Gasteiger partial charge in [0.15, 0.2) is 0 Å². The molecule has 1 spiro atoms. The van der Waals surface area contributed by atoms with Crippen LogP contribution in [-0.4, -0.2) is 78.1 Å². The number of carbonyl (C=O) groups is 2. The Morgan fingerprint density at radius 2 is 1.80 bits per heavy atom.